The van der Waals surface area contributed by atoms with Crippen molar-refractivity contribution in [2.24, 2.45) is 0 Å². The van der Waals surface area contributed by atoms with E-state index in [9.17, 15) is 0 Å². The molecule has 0 unspecified atom stereocenters. The van der Waals surface area contributed by atoms with E-state index in [1.54, 1.807) is 7.11 Å². The zero-order valence-electron chi connectivity index (χ0n) is 9.74. The second kappa shape index (κ2) is 5.98. The Kier molecular flexibility index (Phi) is 4.33. The third-order valence-electron chi connectivity index (χ3n) is 2.87. The minimum atomic E-state index is 0.746. The Morgan fingerprint density at radius 2 is 2.31 bits per heavy atom. The lowest BCUT2D eigenvalue weighted by Gasteiger charge is -2.26. The molecule has 0 amide bonds. The van der Waals surface area contributed by atoms with Crippen molar-refractivity contribution in [2.45, 2.75) is 13.0 Å². The SMILES string of the molecule is COCCc1cn[nH]c1CN1CCOCC1. The molecule has 0 radical (unpaired) electrons. The molecule has 2 heterocycles. The van der Waals surface area contributed by atoms with Gasteiger partial charge in [-0.2, -0.15) is 5.10 Å². The quantitative estimate of drug-likeness (QED) is 0.789. The van der Waals surface area contributed by atoms with Crippen LogP contribution in [0, 0.1) is 0 Å². The lowest BCUT2D eigenvalue weighted by molar-refractivity contribution is 0.0335. The van der Waals surface area contributed by atoms with Crippen LogP contribution in [0.3, 0.4) is 0 Å². The molecule has 0 saturated carbocycles. The Morgan fingerprint density at radius 3 is 3.06 bits per heavy atom. The van der Waals surface area contributed by atoms with Gasteiger partial charge in [0.25, 0.3) is 0 Å². The van der Waals surface area contributed by atoms with Gasteiger partial charge in [-0.1, -0.05) is 0 Å². The van der Waals surface area contributed by atoms with Gasteiger partial charge in [0.1, 0.15) is 0 Å². The van der Waals surface area contributed by atoms with Gasteiger partial charge in [0.05, 0.1) is 31.7 Å². The summed E-state index contributed by atoms with van der Waals surface area (Å²) in [6.45, 7) is 5.35. The van der Waals surface area contributed by atoms with Crippen molar-refractivity contribution in [3.63, 3.8) is 0 Å². The maximum Gasteiger partial charge on any atom is 0.0594 e. The number of nitrogens with one attached hydrogen (secondary N) is 1. The van der Waals surface area contributed by atoms with Crippen molar-refractivity contribution in [1.82, 2.24) is 15.1 Å². The summed E-state index contributed by atoms with van der Waals surface area (Å²) in [5.41, 5.74) is 2.47. The molecule has 1 saturated heterocycles. The molecule has 2 rings (SSSR count). The first-order chi connectivity index (χ1) is 7.90. The van der Waals surface area contributed by atoms with Gasteiger partial charge in [-0.3, -0.25) is 10.00 Å². The van der Waals surface area contributed by atoms with Crippen molar-refractivity contribution in [2.75, 3.05) is 40.0 Å². The molecule has 0 aromatic carbocycles. The second-order valence-corrected chi connectivity index (χ2v) is 4.01. The van der Waals surface area contributed by atoms with Gasteiger partial charge < -0.3 is 9.47 Å². The van der Waals surface area contributed by atoms with Crippen LogP contribution in [-0.2, 0) is 22.4 Å². The topological polar surface area (TPSA) is 50.4 Å². The minimum absolute atomic E-state index is 0.746. The molecule has 1 aliphatic rings. The van der Waals surface area contributed by atoms with E-state index in [0.29, 0.717) is 0 Å². The van der Waals surface area contributed by atoms with E-state index in [1.165, 1.54) is 11.3 Å². The van der Waals surface area contributed by atoms with Gasteiger partial charge in [-0.15, -0.1) is 0 Å². The summed E-state index contributed by atoms with van der Waals surface area (Å²) in [7, 11) is 1.72. The van der Waals surface area contributed by atoms with E-state index in [1.807, 2.05) is 6.20 Å². The van der Waals surface area contributed by atoms with E-state index >= 15 is 0 Å². The molecular formula is C11H19N3O2. The summed E-state index contributed by atoms with van der Waals surface area (Å²) in [5, 5.41) is 7.18. The lowest BCUT2D eigenvalue weighted by atomic mass is 10.2. The number of H-pyrrole nitrogens is 1. The number of methoxy groups -OCH3 is 1. The van der Waals surface area contributed by atoms with Gasteiger partial charge in [0.2, 0.25) is 0 Å². The van der Waals surface area contributed by atoms with E-state index < -0.39 is 0 Å². The number of nitrogens with zero attached hydrogens (tertiary/aromatic N) is 2. The van der Waals surface area contributed by atoms with E-state index in [2.05, 4.69) is 15.1 Å². The maximum atomic E-state index is 5.33. The number of morpholine rings is 1. The molecule has 0 bridgehead atoms. The van der Waals surface area contributed by atoms with Crippen LogP contribution in [0.15, 0.2) is 6.20 Å². The van der Waals surface area contributed by atoms with Crippen LogP contribution in [0.2, 0.25) is 0 Å². The van der Waals surface area contributed by atoms with Crippen molar-refractivity contribution in [3.05, 3.63) is 17.5 Å². The predicted molar refractivity (Wildman–Crippen MR) is 60.3 cm³/mol. The summed E-state index contributed by atoms with van der Waals surface area (Å²) < 4.78 is 10.4. The number of hydrogen-bond acceptors (Lipinski definition) is 4. The zero-order chi connectivity index (χ0) is 11.2. The molecule has 5 nitrogen and oxygen atoms in total. The smallest absolute Gasteiger partial charge is 0.0594 e. The molecule has 1 aliphatic heterocycles. The maximum absolute atomic E-state index is 5.33. The number of aromatic amines is 1. The van der Waals surface area contributed by atoms with Crippen molar-refractivity contribution in [3.8, 4) is 0 Å². The summed E-state index contributed by atoms with van der Waals surface area (Å²) in [6.07, 6.45) is 2.82. The highest BCUT2D eigenvalue weighted by Gasteiger charge is 2.13. The van der Waals surface area contributed by atoms with Gasteiger partial charge >= 0.3 is 0 Å². The Morgan fingerprint density at radius 1 is 1.50 bits per heavy atom. The van der Waals surface area contributed by atoms with Gasteiger partial charge in [0.15, 0.2) is 0 Å². The molecule has 0 atom stereocenters. The lowest BCUT2D eigenvalue weighted by Crippen LogP contribution is -2.36. The highest BCUT2D eigenvalue weighted by molar-refractivity contribution is 5.16. The molecular weight excluding hydrogens is 206 g/mol. The fourth-order valence-corrected chi connectivity index (χ4v) is 1.89. The highest BCUT2D eigenvalue weighted by Crippen LogP contribution is 2.10. The summed E-state index contributed by atoms with van der Waals surface area (Å²) in [6, 6.07) is 0. The molecule has 16 heavy (non-hydrogen) atoms. The number of ether oxygens (including phenoxy) is 2. The monoisotopic (exact) mass is 225 g/mol. The Balaban J connectivity index is 1.89. The number of rotatable bonds is 5. The summed E-state index contributed by atoms with van der Waals surface area (Å²) >= 11 is 0. The Hall–Kier alpha value is -0.910. The molecule has 5 heteroatoms. The Labute approximate surface area is 95.7 Å². The van der Waals surface area contributed by atoms with Crippen molar-refractivity contribution < 1.29 is 9.47 Å². The number of hydrogen-bond donors (Lipinski definition) is 1. The first-order valence-corrected chi connectivity index (χ1v) is 5.70. The van der Waals surface area contributed by atoms with E-state index in [4.69, 9.17) is 9.47 Å². The largest absolute Gasteiger partial charge is 0.384 e. The van der Waals surface area contributed by atoms with Crippen LogP contribution in [-0.4, -0.2) is 55.1 Å². The number of aromatic nitrogens is 2. The zero-order valence-corrected chi connectivity index (χ0v) is 9.74. The molecule has 1 N–H and O–H groups in total. The molecule has 1 fully saturated rings. The standard InChI is InChI=1S/C11H19N3O2/c1-15-5-2-10-8-12-13-11(10)9-14-3-6-16-7-4-14/h8H,2-7,9H2,1H3,(H,12,13). The third-order valence-corrected chi connectivity index (χ3v) is 2.87. The van der Waals surface area contributed by atoms with Crippen LogP contribution < -0.4 is 0 Å². The molecule has 0 aliphatic carbocycles. The average molecular weight is 225 g/mol. The second-order valence-electron chi connectivity index (χ2n) is 4.01. The molecule has 90 valence electrons. The first kappa shape index (κ1) is 11.6. The highest BCUT2D eigenvalue weighted by atomic mass is 16.5. The minimum Gasteiger partial charge on any atom is -0.384 e. The molecule has 1 aromatic heterocycles. The van der Waals surface area contributed by atoms with E-state index in [-0.39, 0.29) is 0 Å². The van der Waals surface area contributed by atoms with Crippen molar-refractivity contribution in [1.29, 1.82) is 0 Å². The molecule has 1 aromatic rings. The summed E-state index contributed by atoms with van der Waals surface area (Å²) in [4.78, 5) is 2.38. The van der Waals surface area contributed by atoms with Gasteiger partial charge in [0, 0.05) is 26.7 Å². The predicted octanol–water partition coefficient (Wildman–Crippen LogP) is 0.431. The van der Waals surface area contributed by atoms with Crippen molar-refractivity contribution >= 4 is 0 Å². The first-order valence-electron chi connectivity index (χ1n) is 5.70. The van der Waals surface area contributed by atoms with Crippen LogP contribution in [0.1, 0.15) is 11.3 Å². The molecule has 0 spiro atoms. The fraction of sp³-hybridized carbons (Fsp3) is 0.727. The van der Waals surface area contributed by atoms with Crippen LogP contribution >= 0.6 is 0 Å². The fourth-order valence-electron chi connectivity index (χ4n) is 1.89. The summed E-state index contributed by atoms with van der Waals surface area (Å²) in [5.74, 6) is 0. The average Bonchev–Trinajstić information content (AvgIpc) is 2.75. The van der Waals surface area contributed by atoms with Crippen LogP contribution in [0.25, 0.3) is 0 Å². The van der Waals surface area contributed by atoms with Gasteiger partial charge in [-0.05, 0) is 12.0 Å². The van der Waals surface area contributed by atoms with Crippen LogP contribution in [0.4, 0.5) is 0 Å². The van der Waals surface area contributed by atoms with Gasteiger partial charge in [-0.25, -0.2) is 0 Å². The van der Waals surface area contributed by atoms with E-state index in [0.717, 1.165) is 45.9 Å². The normalized spacial score (nSPS) is 17.8. The third kappa shape index (κ3) is 3.04. The Bertz CT molecular complexity index is 308. The van der Waals surface area contributed by atoms with Crippen LogP contribution in [0.5, 0.6) is 0 Å².